The van der Waals surface area contributed by atoms with Gasteiger partial charge in [0.2, 0.25) is 5.91 Å². The zero-order valence-corrected chi connectivity index (χ0v) is 15.5. The largest absolute Gasteiger partial charge is 0.480 e. The number of aliphatic carboxylic acids is 1. The molecule has 0 spiro atoms. The second-order valence-corrected chi connectivity index (χ2v) is 6.02. The molecule has 1 atom stereocenters. The molecule has 28 heavy (non-hydrogen) atoms. The lowest BCUT2D eigenvalue weighted by Crippen LogP contribution is -2.46. The topological polar surface area (TPSA) is 148 Å². The fourth-order valence-corrected chi connectivity index (χ4v) is 2.53. The van der Waals surface area contributed by atoms with Crippen LogP contribution in [0.25, 0.3) is 5.69 Å². The molecular formula is C18H21N5O5. The van der Waals surface area contributed by atoms with E-state index in [1.54, 1.807) is 30.3 Å². The molecule has 0 saturated carbocycles. The molecule has 1 aromatic heterocycles. The van der Waals surface area contributed by atoms with Crippen LogP contribution in [0, 0.1) is 0 Å². The van der Waals surface area contributed by atoms with Crippen molar-refractivity contribution in [2.75, 3.05) is 13.1 Å². The predicted molar refractivity (Wildman–Crippen MR) is 98.9 cm³/mol. The number of rotatable bonds is 8. The van der Waals surface area contributed by atoms with E-state index < -0.39 is 23.8 Å². The maximum Gasteiger partial charge on any atom is 0.326 e. The average molecular weight is 387 g/mol. The number of carbonyl (C=O) groups excluding carboxylic acids is 3. The molecule has 4 N–H and O–H groups in total. The Labute approximate surface area is 160 Å². The highest BCUT2D eigenvalue weighted by Crippen LogP contribution is 2.15. The molecule has 1 unspecified atom stereocenters. The number of primary amides is 1. The first-order chi connectivity index (χ1) is 13.2. The minimum absolute atomic E-state index is 0.0145. The summed E-state index contributed by atoms with van der Waals surface area (Å²) in [6.07, 6.45) is 0. The Bertz CT molecular complexity index is 893. The van der Waals surface area contributed by atoms with Gasteiger partial charge in [-0.15, -0.1) is 0 Å². The molecule has 2 rings (SSSR count). The van der Waals surface area contributed by atoms with Gasteiger partial charge in [0, 0.05) is 26.1 Å². The quantitative estimate of drug-likeness (QED) is 0.582. The third-order valence-corrected chi connectivity index (χ3v) is 3.99. The highest BCUT2D eigenvalue weighted by atomic mass is 16.4. The Kier molecular flexibility index (Phi) is 6.48. The Hall–Kier alpha value is -3.69. The zero-order valence-electron chi connectivity index (χ0n) is 15.5. The number of benzene rings is 1. The molecule has 0 bridgehead atoms. The summed E-state index contributed by atoms with van der Waals surface area (Å²) in [5, 5.41) is 16.0. The number of nitrogens with zero attached hydrogens (tertiary/aromatic N) is 3. The van der Waals surface area contributed by atoms with E-state index in [1.807, 2.05) is 0 Å². The molecule has 10 nitrogen and oxygen atoms in total. The fourth-order valence-electron chi connectivity index (χ4n) is 2.53. The number of aromatic nitrogens is 2. The third kappa shape index (κ3) is 4.72. The molecule has 2 aromatic rings. The molecule has 10 heteroatoms. The summed E-state index contributed by atoms with van der Waals surface area (Å²) in [7, 11) is 0. The van der Waals surface area contributed by atoms with Crippen molar-refractivity contribution in [3.8, 4) is 5.69 Å². The summed E-state index contributed by atoms with van der Waals surface area (Å²) in [5.74, 6) is -3.00. The summed E-state index contributed by atoms with van der Waals surface area (Å²) in [6, 6.07) is 8.66. The van der Waals surface area contributed by atoms with Crippen LogP contribution in [0.4, 0.5) is 0 Å². The minimum Gasteiger partial charge on any atom is -0.480 e. The molecule has 0 aliphatic carbocycles. The fraction of sp³-hybridized carbons (Fsp3) is 0.278. The van der Waals surface area contributed by atoms with Gasteiger partial charge in [-0.2, -0.15) is 5.10 Å². The average Bonchev–Trinajstić information content (AvgIpc) is 3.10. The number of carboxylic acids is 1. The second kappa shape index (κ2) is 8.80. The number of carbonyl (C=O) groups is 4. The highest BCUT2D eigenvalue weighted by molar-refractivity contribution is 5.99. The van der Waals surface area contributed by atoms with E-state index in [9.17, 15) is 24.3 Å². The maximum atomic E-state index is 12.9. The summed E-state index contributed by atoms with van der Waals surface area (Å²) in [5.41, 5.74) is 5.77. The van der Waals surface area contributed by atoms with Gasteiger partial charge in [0.1, 0.15) is 11.7 Å². The predicted octanol–water partition coefficient (Wildman–Crippen LogP) is 0.0226. The van der Waals surface area contributed by atoms with Crippen LogP contribution in [0.3, 0.4) is 0 Å². The number of hydrogen-bond donors (Lipinski definition) is 3. The van der Waals surface area contributed by atoms with Gasteiger partial charge in [-0.05, 0) is 19.1 Å². The molecular weight excluding hydrogens is 366 g/mol. The van der Waals surface area contributed by atoms with Crippen LogP contribution in [0.2, 0.25) is 0 Å². The van der Waals surface area contributed by atoms with Crippen LogP contribution in [0.5, 0.6) is 0 Å². The second-order valence-electron chi connectivity index (χ2n) is 6.02. The van der Waals surface area contributed by atoms with Gasteiger partial charge >= 0.3 is 5.97 Å². The number of nitrogens with one attached hydrogen (secondary N) is 1. The van der Waals surface area contributed by atoms with E-state index in [4.69, 9.17) is 5.73 Å². The van der Waals surface area contributed by atoms with Crippen LogP contribution in [-0.2, 0) is 9.59 Å². The number of hydrogen-bond acceptors (Lipinski definition) is 5. The van der Waals surface area contributed by atoms with E-state index in [1.165, 1.54) is 24.6 Å². The maximum absolute atomic E-state index is 12.9. The van der Waals surface area contributed by atoms with Gasteiger partial charge in [0.15, 0.2) is 5.69 Å². The van der Waals surface area contributed by atoms with E-state index >= 15 is 0 Å². The van der Waals surface area contributed by atoms with E-state index in [0.717, 1.165) is 4.90 Å². The van der Waals surface area contributed by atoms with Crippen molar-refractivity contribution in [1.29, 1.82) is 0 Å². The van der Waals surface area contributed by atoms with Crippen LogP contribution in [0.1, 0.15) is 34.8 Å². The Morgan fingerprint density at radius 2 is 1.89 bits per heavy atom. The smallest absolute Gasteiger partial charge is 0.326 e. The van der Waals surface area contributed by atoms with Gasteiger partial charge in [-0.3, -0.25) is 14.4 Å². The lowest BCUT2D eigenvalue weighted by atomic mass is 10.2. The standard InChI is InChI=1S/C18H21N5O5/c1-11(18(27)28)22(9-8-20-12(2)24)17(26)14-10-15(16(19)25)23(21-14)13-6-4-3-5-7-13/h3-7,10-11H,8-9H2,1-2H3,(H2,19,25)(H,20,24)(H,27,28). The zero-order chi connectivity index (χ0) is 20.8. The number of para-hydroxylation sites is 1. The Balaban J connectivity index is 2.39. The first kappa shape index (κ1) is 20.6. The van der Waals surface area contributed by atoms with Crippen LogP contribution in [0.15, 0.2) is 36.4 Å². The van der Waals surface area contributed by atoms with Crippen molar-refractivity contribution < 1.29 is 24.3 Å². The number of amides is 3. The summed E-state index contributed by atoms with van der Waals surface area (Å²) < 4.78 is 1.23. The number of carboxylic acid groups (broad SMARTS) is 1. The van der Waals surface area contributed by atoms with Crippen LogP contribution >= 0.6 is 0 Å². The molecule has 148 valence electrons. The van der Waals surface area contributed by atoms with Crippen molar-refractivity contribution >= 4 is 23.7 Å². The van der Waals surface area contributed by atoms with Crippen molar-refractivity contribution in [2.24, 2.45) is 5.73 Å². The van der Waals surface area contributed by atoms with E-state index in [2.05, 4.69) is 10.4 Å². The normalized spacial score (nSPS) is 11.5. The molecule has 0 fully saturated rings. The molecule has 0 saturated heterocycles. The van der Waals surface area contributed by atoms with E-state index in [-0.39, 0.29) is 30.4 Å². The third-order valence-electron chi connectivity index (χ3n) is 3.99. The molecule has 0 aliphatic heterocycles. The van der Waals surface area contributed by atoms with Crippen molar-refractivity contribution in [3.05, 3.63) is 47.8 Å². The Morgan fingerprint density at radius 1 is 1.25 bits per heavy atom. The first-order valence-corrected chi connectivity index (χ1v) is 8.46. The molecule has 1 aromatic carbocycles. The molecule has 0 radical (unpaired) electrons. The molecule has 3 amide bonds. The SMILES string of the molecule is CC(=O)NCCN(C(=O)c1cc(C(N)=O)n(-c2ccccc2)n1)C(C)C(=O)O. The van der Waals surface area contributed by atoms with Crippen LogP contribution in [-0.4, -0.2) is 62.6 Å². The summed E-state index contributed by atoms with van der Waals surface area (Å²) in [4.78, 5) is 48.2. The number of nitrogens with two attached hydrogens (primary N) is 1. The van der Waals surface area contributed by atoms with Crippen molar-refractivity contribution in [1.82, 2.24) is 20.0 Å². The lowest BCUT2D eigenvalue weighted by molar-refractivity contribution is -0.141. The Morgan fingerprint density at radius 3 is 2.43 bits per heavy atom. The van der Waals surface area contributed by atoms with Gasteiger partial charge in [0.25, 0.3) is 11.8 Å². The van der Waals surface area contributed by atoms with Crippen molar-refractivity contribution in [2.45, 2.75) is 19.9 Å². The summed E-state index contributed by atoms with van der Waals surface area (Å²) >= 11 is 0. The van der Waals surface area contributed by atoms with Gasteiger partial charge < -0.3 is 21.1 Å². The first-order valence-electron chi connectivity index (χ1n) is 8.46. The monoisotopic (exact) mass is 387 g/mol. The van der Waals surface area contributed by atoms with Gasteiger partial charge in [-0.25, -0.2) is 9.48 Å². The minimum atomic E-state index is -1.21. The van der Waals surface area contributed by atoms with E-state index in [0.29, 0.717) is 5.69 Å². The lowest BCUT2D eigenvalue weighted by Gasteiger charge is -2.25. The summed E-state index contributed by atoms with van der Waals surface area (Å²) in [6.45, 7) is 2.68. The highest BCUT2D eigenvalue weighted by Gasteiger charge is 2.29. The van der Waals surface area contributed by atoms with Gasteiger partial charge in [-0.1, -0.05) is 18.2 Å². The van der Waals surface area contributed by atoms with Gasteiger partial charge in [0.05, 0.1) is 5.69 Å². The molecule has 1 heterocycles. The van der Waals surface area contributed by atoms with Crippen LogP contribution < -0.4 is 11.1 Å². The van der Waals surface area contributed by atoms with Crippen molar-refractivity contribution in [3.63, 3.8) is 0 Å². The molecule has 0 aliphatic rings.